The molecule has 1 N–H and O–H groups in total. The predicted molar refractivity (Wildman–Crippen MR) is 147 cm³/mol. The molecule has 0 radical (unpaired) electrons. The molecule has 3 aromatic rings. The number of fused-ring (bicyclic) bond motifs is 3. The number of β-amino-alcohol motifs (C(OH)–C–C–N with tert-alkyl or cyclic N) is 1. The van der Waals surface area contributed by atoms with E-state index in [9.17, 15) is 14.3 Å². The number of aromatic nitrogens is 3. The zero-order valence-electron chi connectivity index (χ0n) is 22.7. The van der Waals surface area contributed by atoms with Gasteiger partial charge in [0.1, 0.15) is 17.5 Å². The van der Waals surface area contributed by atoms with Crippen molar-refractivity contribution in [3.8, 4) is 0 Å². The van der Waals surface area contributed by atoms with Gasteiger partial charge in [0.2, 0.25) is 5.91 Å². The highest BCUT2D eigenvalue weighted by Crippen LogP contribution is 2.37. The number of aliphatic hydroxyl groups excluding tert-OH is 1. The summed E-state index contributed by atoms with van der Waals surface area (Å²) in [6.07, 6.45) is 4.16. The highest BCUT2D eigenvalue weighted by Gasteiger charge is 2.43. The first kappa shape index (κ1) is 26.0. The number of hydrogen-bond acceptors (Lipinski definition) is 7. The van der Waals surface area contributed by atoms with Crippen molar-refractivity contribution in [2.24, 2.45) is 0 Å². The van der Waals surface area contributed by atoms with E-state index in [2.05, 4.69) is 16.8 Å². The number of anilines is 2. The smallest absolute Gasteiger partial charge is 0.235 e. The molecule has 10 heteroatoms. The average molecular weight is 537 g/mol. The number of carbonyl (C=O) groups excluding carboxylic acids is 1. The van der Waals surface area contributed by atoms with Crippen molar-refractivity contribution in [1.29, 1.82) is 0 Å². The highest BCUT2D eigenvalue weighted by atomic mass is 19.1. The van der Waals surface area contributed by atoms with Crippen LogP contribution >= 0.6 is 0 Å². The first-order chi connectivity index (χ1) is 18.8. The summed E-state index contributed by atoms with van der Waals surface area (Å²) in [5.74, 6) is 1.41. The van der Waals surface area contributed by atoms with E-state index in [-0.39, 0.29) is 30.5 Å². The molecule has 2 fully saturated rings. The molecule has 2 atom stereocenters. The molecule has 5 heterocycles. The molecule has 0 aliphatic carbocycles. The Morgan fingerprint density at radius 3 is 2.62 bits per heavy atom. The van der Waals surface area contributed by atoms with Crippen LogP contribution in [0.25, 0.3) is 5.65 Å². The van der Waals surface area contributed by atoms with Gasteiger partial charge in [-0.15, -0.1) is 0 Å². The van der Waals surface area contributed by atoms with Crippen molar-refractivity contribution in [1.82, 2.24) is 19.5 Å². The fourth-order valence-corrected chi connectivity index (χ4v) is 6.03. The van der Waals surface area contributed by atoms with Gasteiger partial charge >= 0.3 is 0 Å². The summed E-state index contributed by atoms with van der Waals surface area (Å²) in [6.45, 7) is 5.26. The molecule has 3 aliphatic rings. The van der Waals surface area contributed by atoms with Gasteiger partial charge in [0.25, 0.3) is 0 Å². The van der Waals surface area contributed by atoms with E-state index in [1.807, 2.05) is 28.5 Å². The van der Waals surface area contributed by atoms with Crippen molar-refractivity contribution in [2.75, 3.05) is 56.2 Å². The van der Waals surface area contributed by atoms with Gasteiger partial charge in [-0.2, -0.15) is 9.61 Å². The third-order valence-corrected chi connectivity index (χ3v) is 8.47. The summed E-state index contributed by atoms with van der Waals surface area (Å²) in [6, 6.07) is 10.1. The maximum absolute atomic E-state index is 14.4. The number of piperidine rings is 1. The summed E-state index contributed by atoms with van der Waals surface area (Å²) < 4.78 is 21.8. The van der Waals surface area contributed by atoms with Crippen LogP contribution < -0.4 is 9.80 Å². The monoisotopic (exact) mass is 536 g/mol. The van der Waals surface area contributed by atoms with E-state index < -0.39 is 5.41 Å². The van der Waals surface area contributed by atoms with Gasteiger partial charge in [0.15, 0.2) is 5.65 Å². The zero-order valence-corrected chi connectivity index (χ0v) is 22.7. The minimum atomic E-state index is -0.950. The van der Waals surface area contributed by atoms with Crippen LogP contribution in [0.2, 0.25) is 0 Å². The minimum absolute atomic E-state index is 0.0220. The normalized spacial score (nSPS) is 25.4. The molecule has 3 aliphatic heterocycles. The Kier molecular flexibility index (Phi) is 6.93. The number of halogens is 1. The van der Waals surface area contributed by atoms with Crippen LogP contribution in [0.1, 0.15) is 56.3 Å². The van der Waals surface area contributed by atoms with Crippen LogP contribution in [-0.4, -0.2) is 83.1 Å². The molecule has 9 nitrogen and oxygen atoms in total. The predicted octanol–water partition coefficient (Wildman–Crippen LogP) is 3.31. The lowest BCUT2D eigenvalue weighted by Gasteiger charge is -2.41. The van der Waals surface area contributed by atoms with Gasteiger partial charge in [-0.1, -0.05) is 12.1 Å². The molecule has 2 aromatic heterocycles. The Bertz CT molecular complexity index is 1340. The second-order valence-electron chi connectivity index (χ2n) is 11.4. The Morgan fingerprint density at radius 1 is 1.08 bits per heavy atom. The lowest BCUT2D eigenvalue weighted by molar-refractivity contribution is -0.143. The SMILES string of the molecule is CN1CCCCOCC(C)(c2ccc(F)cc2)C(=O)N2CCCC[C@H]2c2cc3nc(N4CC(O)C4)cc1n3n2. The minimum Gasteiger partial charge on any atom is -0.389 e. The van der Waals surface area contributed by atoms with E-state index in [1.54, 1.807) is 12.1 Å². The maximum atomic E-state index is 14.4. The van der Waals surface area contributed by atoms with Gasteiger partial charge < -0.3 is 24.5 Å². The largest absolute Gasteiger partial charge is 0.389 e. The van der Waals surface area contributed by atoms with Crippen molar-refractivity contribution >= 4 is 23.2 Å². The average Bonchev–Trinajstić information content (AvgIpc) is 3.36. The van der Waals surface area contributed by atoms with E-state index in [4.69, 9.17) is 14.8 Å². The molecule has 0 saturated carbocycles. The van der Waals surface area contributed by atoms with Crippen molar-refractivity contribution < 1.29 is 19.0 Å². The molecule has 1 unspecified atom stereocenters. The lowest BCUT2D eigenvalue weighted by atomic mass is 9.80. The molecule has 2 bridgehead atoms. The van der Waals surface area contributed by atoms with Crippen LogP contribution in [0, 0.1) is 5.82 Å². The first-order valence-electron chi connectivity index (χ1n) is 14.0. The summed E-state index contributed by atoms with van der Waals surface area (Å²) >= 11 is 0. The van der Waals surface area contributed by atoms with Crippen LogP contribution in [0.5, 0.6) is 0 Å². The van der Waals surface area contributed by atoms with Crippen LogP contribution in [0.15, 0.2) is 36.4 Å². The number of benzene rings is 1. The summed E-state index contributed by atoms with van der Waals surface area (Å²) in [5.41, 5.74) is 1.36. The molecule has 1 amide bonds. The molecule has 2 saturated heterocycles. The molecule has 39 heavy (non-hydrogen) atoms. The maximum Gasteiger partial charge on any atom is 0.235 e. The zero-order chi connectivity index (χ0) is 27.1. The Labute approximate surface area is 228 Å². The fourth-order valence-electron chi connectivity index (χ4n) is 6.03. The second-order valence-corrected chi connectivity index (χ2v) is 11.4. The summed E-state index contributed by atoms with van der Waals surface area (Å²) in [4.78, 5) is 25.5. The molecular weight excluding hydrogens is 499 g/mol. The summed E-state index contributed by atoms with van der Waals surface area (Å²) in [5, 5.41) is 14.9. The molecular formula is C29H37FN6O3. The molecule has 0 spiro atoms. The topological polar surface area (TPSA) is 86.4 Å². The van der Waals surface area contributed by atoms with Crippen LogP contribution in [-0.2, 0) is 14.9 Å². The van der Waals surface area contributed by atoms with E-state index in [0.717, 1.165) is 67.2 Å². The standard InChI is InChI=1S/C29H37FN6O3/c1-29(20-8-10-21(30)11-9-20)19-39-14-6-5-12-33(2)27-16-25(34-17-22(37)18-34)31-26-15-23(32-36(26)27)24-7-3-4-13-35(24)28(29)38/h8-11,15-16,22,24,37H,3-7,12-14,17-19H2,1-2H3/t24-,29?/m0/s1. The number of ether oxygens (including phenoxy) is 1. The Morgan fingerprint density at radius 2 is 1.85 bits per heavy atom. The van der Waals surface area contributed by atoms with Gasteiger partial charge in [0.05, 0.1) is 29.9 Å². The van der Waals surface area contributed by atoms with Crippen molar-refractivity contribution in [3.05, 3.63) is 53.5 Å². The van der Waals surface area contributed by atoms with E-state index in [0.29, 0.717) is 26.2 Å². The van der Waals surface area contributed by atoms with Gasteiger partial charge in [0, 0.05) is 52.0 Å². The highest BCUT2D eigenvalue weighted by molar-refractivity contribution is 5.88. The fraction of sp³-hybridized carbons (Fsp3) is 0.552. The third kappa shape index (κ3) is 4.84. The third-order valence-electron chi connectivity index (χ3n) is 8.47. The number of nitrogens with zero attached hydrogens (tertiary/aromatic N) is 6. The summed E-state index contributed by atoms with van der Waals surface area (Å²) in [7, 11) is 2.06. The number of carbonyl (C=O) groups is 1. The quantitative estimate of drug-likeness (QED) is 0.538. The lowest BCUT2D eigenvalue weighted by Crippen LogP contribution is -2.51. The number of aliphatic hydroxyl groups is 1. The van der Waals surface area contributed by atoms with Crippen LogP contribution in [0.3, 0.4) is 0 Å². The molecule has 208 valence electrons. The van der Waals surface area contributed by atoms with E-state index >= 15 is 0 Å². The Hall–Kier alpha value is -3.24. The van der Waals surface area contributed by atoms with Gasteiger partial charge in [-0.3, -0.25) is 4.79 Å². The second kappa shape index (κ2) is 10.4. The number of rotatable bonds is 2. The number of amides is 1. The van der Waals surface area contributed by atoms with E-state index in [1.165, 1.54) is 12.1 Å². The Balaban J connectivity index is 1.43. The number of hydrogen-bond donors (Lipinski definition) is 1. The van der Waals surface area contributed by atoms with Crippen molar-refractivity contribution in [2.45, 2.75) is 56.6 Å². The molecule has 1 aromatic carbocycles. The van der Waals surface area contributed by atoms with Crippen molar-refractivity contribution in [3.63, 3.8) is 0 Å². The first-order valence-corrected chi connectivity index (χ1v) is 14.0. The van der Waals surface area contributed by atoms with Gasteiger partial charge in [-0.25, -0.2) is 9.37 Å². The van der Waals surface area contributed by atoms with Gasteiger partial charge in [-0.05, 0) is 56.7 Å². The van der Waals surface area contributed by atoms with Crippen LogP contribution in [0.4, 0.5) is 16.0 Å². The molecule has 6 rings (SSSR count).